The van der Waals surface area contributed by atoms with Gasteiger partial charge in [-0.05, 0) is 55.5 Å². The molecule has 0 fully saturated rings. The first-order chi connectivity index (χ1) is 7.78. The normalized spacial score (nSPS) is 20.0. The van der Waals surface area contributed by atoms with Gasteiger partial charge in [0, 0.05) is 21.6 Å². The summed E-state index contributed by atoms with van der Waals surface area (Å²) in [7, 11) is 0. The van der Waals surface area contributed by atoms with Crippen LogP contribution in [0.5, 0.6) is 0 Å². The van der Waals surface area contributed by atoms with E-state index in [1.807, 2.05) is 6.07 Å². The van der Waals surface area contributed by atoms with E-state index in [4.69, 9.17) is 17.3 Å². The average molecular weight is 235 g/mol. The van der Waals surface area contributed by atoms with Crippen LogP contribution in [0.3, 0.4) is 0 Å². The van der Waals surface area contributed by atoms with E-state index in [1.165, 1.54) is 28.6 Å². The van der Waals surface area contributed by atoms with Crippen LogP contribution in [0.15, 0.2) is 18.2 Å². The summed E-state index contributed by atoms with van der Waals surface area (Å²) in [5.41, 5.74) is 9.77. The highest BCUT2D eigenvalue weighted by atomic mass is 35.5. The molecule has 0 aliphatic heterocycles. The summed E-state index contributed by atoms with van der Waals surface area (Å²) in [6.45, 7) is 0.784. The molecule has 3 N–H and O–H groups in total. The van der Waals surface area contributed by atoms with Gasteiger partial charge in [0.15, 0.2) is 0 Å². The van der Waals surface area contributed by atoms with Crippen molar-refractivity contribution in [3.63, 3.8) is 0 Å². The molecule has 1 aromatic carbocycles. The quantitative estimate of drug-likeness (QED) is 0.783. The van der Waals surface area contributed by atoms with E-state index in [-0.39, 0.29) is 0 Å². The van der Waals surface area contributed by atoms with Crippen LogP contribution in [0.4, 0.5) is 0 Å². The second kappa shape index (κ2) is 3.79. The zero-order chi connectivity index (χ0) is 11.1. The molecule has 84 valence electrons. The number of nitrogens with one attached hydrogen (secondary N) is 1. The van der Waals surface area contributed by atoms with Crippen molar-refractivity contribution in [2.24, 2.45) is 11.7 Å². The van der Waals surface area contributed by atoms with Gasteiger partial charge in [0.05, 0.1) is 0 Å². The minimum Gasteiger partial charge on any atom is -0.358 e. The number of H-pyrrole nitrogens is 1. The maximum absolute atomic E-state index is 6.05. The van der Waals surface area contributed by atoms with Crippen molar-refractivity contribution in [2.75, 3.05) is 6.54 Å². The van der Waals surface area contributed by atoms with E-state index in [2.05, 4.69) is 17.1 Å². The van der Waals surface area contributed by atoms with Crippen LogP contribution < -0.4 is 5.73 Å². The van der Waals surface area contributed by atoms with Crippen molar-refractivity contribution < 1.29 is 0 Å². The molecule has 2 aromatic rings. The van der Waals surface area contributed by atoms with Gasteiger partial charge in [-0.25, -0.2) is 0 Å². The second-order valence-electron chi connectivity index (χ2n) is 4.62. The highest BCUT2D eigenvalue weighted by Gasteiger charge is 2.21. The summed E-state index contributed by atoms with van der Waals surface area (Å²) in [6, 6.07) is 6.06. The molecule has 0 bridgehead atoms. The molecule has 0 radical (unpaired) electrons. The topological polar surface area (TPSA) is 41.8 Å². The summed E-state index contributed by atoms with van der Waals surface area (Å²) in [4.78, 5) is 3.49. The monoisotopic (exact) mass is 234 g/mol. The molecule has 0 amide bonds. The molecule has 0 spiro atoms. The molecule has 3 heteroatoms. The zero-order valence-corrected chi connectivity index (χ0v) is 9.85. The third-order valence-electron chi connectivity index (χ3n) is 3.59. The molecule has 1 aliphatic rings. The average Bonchev–Trinajstić information content (AvgIpc) is 2.66. The van der Waals surface area contributed by atoms with E-state index in [1.54, 1.807) is 0 Å². The number of aromatic amines is 1. The van der Waals surface area contributed by atoms with Gasteiger partial charge in [-0.2, -0.15) is 0 Å². The zero-order valence-electron chi connectivity index (χ0n) is 9.09. The fourth-order valence-corrected chi connectivity index (χ4v) is 2.83. The molecular formula is C13H15ClN2. The van der Waals surface area contributed by atoms with Crippen molar-refractivity contribution in [3.8, 4) is 0 Å². The predicted octanol–water partition coefficient (Wildman–Crippen LogP) is 2.88. The second-order valence-corrected chi connectivity index (χ2v) is 5.05. The lowest BCUT2D eigenvalue weighted by Crippen LogP contribution is -2.21. The van der Waals surface area contributed by atoms with Crippen molar-refractivity contribution in [3.05, 3.63) is 34.5 Å². The van der Waals surface area contributed by atoms with Gasteiger partial charge in [-0.1, -0.05) is 11.6 Å². The largest absolute Gasteiger partial charge is 0.358 e. The molecule has 3 rings (SSSR count). The Bertz CT molecular complexity index is 530. The van der Waals surface area contributed by atoms with E-state index in [0.29, 0.717) is 5.92 Å². The Morgan fingerprint density at radius 1 is 1.44 bits per heavy atom. The van der Waals surface area contributed by atoms with Gasteiger partial charge in [-0.3, -0.25) is 0 Å². The number of hydrogen-bond donors (Lipinski definition) is 2. The summed E-state index contributed by atoms with van der Waals surface area (Å²) in [5.74, 6) is 0.630. The number of hydrogen-bond acceptors (Lipinski definition) is 1. The van der Waals surface area contributed by atoms with Crippen LogP contribution in [0, 0.1) is 5.92 Å². The molecule has 0 saturated carbocycles. The van der Waals surface area contributed by atoms with Crippen molar-refractivity contribution in [1.29, 1.82) is 0 Å². The number of aromatic nitrogens is 1. The van der Waals surface area contributed by atoms with Gasteiger partial charge in [-0.15, -0.1) is 0 Å². The van der Waals surface area contributed by atoms with Gasteiger partial charge < -0.3 is 10.7 Å². The highest BCUT2D eigenvalue weighted by molar-refractivity contribution is 6.31. The highest BCUT2D eigenvalue weighted by Crippen LogP contribution is 2.32. The van der Waals surface area contributed by atoms with Crippen LogP contribution in [-0.2, 0) is 12.8 Å². The van der Waals surface area contributed by atoms with E-state index in [0.717, 1.165) is 24.4 Å². The van der Waals surface area contributed by atoms with Crippen molar-refractivity contribution in [1.82, 2.24) is 4.98 Å². The minimum atomic E-state index is 0.630. The lowest BCUT2D eigenvalue weighted by Gasteiger charge is -2.20. The molecular weight excluding hydrogens is 220 g/mol. The number of benzene rings is 1. The number of fused-ring (bicyclic) bond motifs is 3. The third kappa shape index (κ3) is 1.53. The first kappa shape index (κ1) is 10.2. The summed E-state index contributed by atoms with van der Waals surface area (Å²) < 4.78 is 0. The molecule has 2 nitrogen and oxygen atoms in total. The minimum absolute atomic E-state index is 0.630. The molecule has 1 heterocycles. The Labute approximate surface area is 99.8 Å². The number of aryl methyl sites for hydroxylation is 1. The molecule has 16 heavy (non-hydrogen) atoms. The van der Waals surface area contributed by atoms with E-state index >= 15 is 0 Å². The summed E-state index contributed by atoms with van der Waals surface area (Å²) >= 11 is 6.05. The predicted molar refractivity (Wildman–Crippen MR) is 67.9 cm³/mol. The Hall–Kier alpha value is -0.990. The first-order valence-electron chi connectivity index (χ1n) is 5.77. The maximum atomic E-state index is 6.05. The van der Waals surface area contributed by atoms with Crippen LogP contribution >= 0.6 is 11.6 Å². The standard InChI is InChI=1S/C13H15ClN2/c14-9-2-4-13-11(6-9)10-5-8(7-15)1-3-12(10)16-13/h2,4,6,8,16H,1,3,5,7,15H2/t8-/m0/s1. The summed E-state index contributed by atoms with van der Waals surface area (Å²) in [5, 5.41) is 2.09. The van der Waals surface area contributed by atoms with Gasteiger partial charge in [0.2, 0.25) is 0 Å². The molecule has 1 aliphatic carbocycles. The lowest BCUT2D eigenvalue weighted by molar-refractivity contribution is 0.468. The SMILES string of the molecule is NC[C@H]1CCc2[nH]c3ccc(Cl)cc3c2C1. The Kier molecular flexibility index (Phi) is 2.41. The molecule has 1 atom stereocenters. The fraction of sp³-hybridized carbons (Fsp3) is 0.385. The van der Waals surface area contributed by atoms with Crippen molar-refractivity contribution >= 4 is 22.5 Å². The van der Waals surface area contributed by atoms with E-state index < -0.39 is 0 Å². The smallest absolute Gasteiger partial charge is 0.0460 e. The fourth-order valence-electron chi connectivity index (χ4n) is 2.66. The molecule has 0 unspecified atom stereocenters. The van der Waals surface area contributed by atoms with Crippen LogP contribution in [0.2, 0.25) is 5.02 Å². The van der Waals surface area contributed by atoms with Crippen LogP contribution in [0.1, 0.15) is 17.7 Å². The number of nitrogens with two attached hydrogens (primary N) is 1. The van der Waals surface area contributed by atoms with Gasteiger partial charge in [0.25, 0.3) is 0 Å². The molecule has 0 saturated heterocycles. The van der Waals surface area contributed by atoms with Crippen LogP contribution in [-0.4, -0.2) is 11.5 Å². The third-order valence-corrected chi connectivity index (χ3v) is 3.82. The summed E-state index contributed by atoms with van der Waals surface area (Å²) in [6.07, 6.45) is 3.40. The van der Waals surface area contributed by atoms with E-state index in [9.17, 15) is 0 Å². The number of halogens is 1. The van der Waals surface area contributed by atoms with Crippen molar-refractivity contribution in [2.45, 2.75) is 19.3 Å². The Balaban J connectivity index is 2.15. The maximum Gasteiger partial charge on any atom is 0.0460 e. The van der Waals surface area contributed by atoms with Gasteiger partial charge in [0.1, 0.15) is 0 Å². The van der Waals surface area contributed by atoms with Gasteiger partial charge >= 0.3 is 0 Å². The van der Waals surface area contributed by atoms with Crippen LogP contribution in [0.25, 0.3) is 10.9 Å². The Morgan fingerprint density at radius 2 is 2.31 bits per heavy atom. The lowest BCUT2D eigenvalue weighted by atomic mass is 9.86. The Morgan fingerprint density at radius 3 is 3.12 bits per heavy atom. The first-order valence-corrected chi connectivity index (χ1v) is 6.15. The number of rotatable bonds is 1. The molecule has 1 aromatic heterocycles.